The minimum atomic E-state index is -0.588. The summed E-state index contributed by atoms with van der Waals surface area (Å²) >= 11 is 0. The minimum absolute atomic E-state index is 0.0458. The molecule has 5 nitrogen and oxygen atoms in total. The topological polar surface area (TPSA) is 65.0 Å². The molecular weight excluding hydrogens is 260 g/mol. The predicted molar refractivity (Wildman–Crippen MR) is 70.8 cm³/mol. The third-order valence-electron chi connectivity index (χ3n) is 5.07. The van der Waals surface area contributed by atoms with E-state index in [1.54, 1.807) is 0 Å². The van der Waals surface area contributed by atoms with Crippen molar-refractivity contribution >= 4 is 5.97 Å². The average Bonchev–Trinajstić information content (AvgIpc) is 2.86. The lowest BCUT2D eigenvalue weighted by Crippen LogP contribution is -2.47. The summed E-state index contributed by atoms with van der Waals surface area (Å²) in [5, 5.41) is 10.1. The molecule has 3 aliphatic rings. The Kier molecular flexibility index (Phi) is 3.35. The van der Waals surface area contributed by atoms with E-state index in [9.17, 15) is 9.90 Å². The largest absolute Gasteiger partial charge is 0.469 e. The molecule has 0 radical (unpaired) electrons. The summed E-state index contributed by atoms with van der Waals surface area (Å²) in [6.45, 7) is 5.60. The number of hydrogen-bond acceptors (Lipinski definition) is 5. The van der Waals surface area contributed by atoms with Crippen LogP contribution in [-0.2, 0) is 19.0 Å². The van der Waals surface area contributed by atoms with Gasteiger partial charge in [-0.2, -0.15) is 0 Å². The monoisotopic (exact) mass is 284 g/mol. The molecule has 114 valence electrons. The molecule has 20 heavy (non-hydrogen) atoms. The van der Waals surface area contributed by atoms with E-state index in [1.165, 1.54) is 7.11 Å². The van der Waals surface area contributed by atoms with Crippen LogP contribution in [0.15, 0.2) is 0 Å². The molecule has 4 unspecified atom stereocenters. The van der Waals surface area contributed by atoms with Crippen molar-refractivity contribution in [1.82, 2.24) is 0 Å². The SMILES string of the molecule is COC(=O)C1C(O)CC2CC3(CC21)OCC(C)(C)CO3. The zero-order valence-electron chi connectivity index (χ0n) is 12.4. The van der Waals surface area contributed by atoms with E-state index in [2.05, 4.69) is 13.8 Å². The first-order valence-electron chi connectivity index (χ1n) is 7.40. The lowest BCUT2D eigenvalue weighted by atomic mass is 9.90. The summed E-state index contributed by atoms with van der Waals surface area (Å²) in [5.41, 5.74) is 0.0458. The molecule has 3 rings (SSSR count). The van der Waals surface area contributed by atoms with Gasteiger partial charge in [0.05, 0.1) is 32.3 Å². The summed E-state index contributed by atoms with van der Waals surface area (Å²) in [6, 6.07) is 0. The first-order valence-corrected chi connectivity index (χ1v) is 7.40. The number of ether oxygens (including phenoxy) is 3. The van der Waals surface area contributed by atoms with E-state index in [4.69, 9.17) is 14.2 Å². The first-order chi connectivity index (χ1) is 9.36. The van der Waals surface area contributed by atoms with Gasteiger partial charge in [-0.1, -0.05) is 13.8 Å². The van der Waals surface area contributed by atoms with Crippen LogP contribution in [0.5, 0.6) is 0 Å². The van der Waals surface area contributed by atoms with Crippen molar-refractivity contribution in [1.29, 1.82) is 0 Å². The minimum Gasteiger partial charge on any atom is -0.469 e. The molecule has 0 bridgehead atoms. The van der Waals surface area contributed by atoms with Gasteiger partial charge in [-0.15, -0.1) is 0 Å². The smallest absolute Gasteiger partial charge is 0.311 e. The highest BCUT2D eigenvalue weighted by atomic mass is 16.7. The molecule has 4 atom stereocenters. The van der Waals surface area contributed by atoms with Crippen molar-refractivity contribution < 1.29 is 24.1 Å². The van der Waals surface area contributed by atoms with Crippen molar-refractivity contribution in [3.63, 3.8) is 0 Å². The van der Waals surface area contributed by atoms with Crippen LogP contribution in [0.1, 0.15) is 33.1 Å². The Hall–Kier alpha value is -0.650. The van der Waals surface area contributed by atoms with Crippen LogP contribution in [-0.4, -0.2) is 43.3 Å². The number of esters is 1. The quantitative estimate of drug-likeness (QED) is 0.736. The molecule has 0 amide bonds. The number of aliphatic hydroxyl groups is 1. The third kappa shape index (κ3) is 2.26. The van der Waals surface area contributed by atoms with Gasteiger partial charge in [0, 0.05) is 18.3 Å². The maximum absolute atomic E-state index is 11.9. The molecule has 1 spiro atoms. The fourth-order valence-electron chi connectivity index (χ4n) is 4.02. The Morgan fingerprint density at radius 2 is 1.90 bits per heavy atom. The predicted octanol–water partition coefficient (Wildman–Crippen LogP) is 1.34. The molecule has 2 saturated carbocycles. The van der Waals surface area contributed by atoms with Crippen LogP contribution < -0.4 is 0 Å². The Morgan fingerprint density at radius 1 is 1.25 bits per heavy atom. The maximum atomic E-state index is 11.9. The van der Waals surface area contributed by atoms with E-state index >= 15 is 0 Å². The summed E-state index contributed by atoms with van der Waals surface area (Å²) in [6.07, 6.45) is 1.51. The molecular formula is C15H24O5. The normalized spacial score (nSPS) is 41.6. The van der Waals surface area contributed by atoms with Gasteiger partial charge in [-0.25, -0.2) is 0 Å². The van der Waals surface area contributed by atoms with Gasteiger partial charge < -0.3 is 19.3 Å². The van der Waals surface area contributed by atoms with Crippen LogP contribution in [0.2, 0.25) is 0 Å². The number of carbonyl (C=O) groups is 1. The summed E-state index contributed by atoms with van der Waals surface area (Å²) < 4.78 is 16.9. The van der Waals surface area contributed by atoms with Gasteiger partial charge in [0.25, 0.3) is 0 Å². The number of hydrogen-bond donors (Lipinski definition) is 1. The van der Waals surface area contributed by atoms with Gasteiger partial charge in [0.15, 0.2) is 5.79 Å². The van der Waals surface area contributed by atoms with E-state index in [0.717, 1.165) is 6.42 Å². The fourth-order valence-corrected chi connectivity index (χ4v) is 4.02. The molecule has 1 aliphatic heterocycles. The Balaban J connectivity index is 1.73. The van der Waals surface area contributed by atoms with Crippen LogP contribution in [0, 0.1) is 23.2 Å². The van der Waals surface area contributed by atoms with Gasteiger partial charge in [0.2, 0.25) is 0 Å². The zero-order chi connectivity index (χ0) is 14.5. The Bertz CT molecular complexity index is 395. The maximum Gasteiger partial charge on any atom is 0.311 e. The van der Waals surface area contributed by atoms with E-state index in [0.29, 0.717) is 26.1 Å². The van der Waals surface area contributed by atoms with Crippen LogP contribution >= 0.6 is 0 Å². The number of fused-ring (bicyclic) bond motifs is 1. The van der Waals surface area contributed by atoms with Crippen molar-refractivity contribution in [3.05, 3.63) is 0 Å². The van der Waals surface area contributed by atoms with Crippen molar-refractivity contribution in [3.8, 4) is 0 Å². The molecule has 1 heterocycles. The molecule has 0 aromatic rings. The zero-order valence-corrected chi connectivity index (χ0v) is 12.4. The Labute approximate surface area is 119 Å². The van der Waals surface area contributed by atoms with Crippen LogP contribution in [0.3, 0.4) is 0 Å². The van der Waals surface area contributed by atoms with Gasteiger partial charge >= 0.3 is 5.97 Å². The number of aliphatic hydroxyl groups excluding tert-OH is 1. The highest BCUT2D eigenvalue weighted by Gasteiger charge is 2.59. The highest BCUT2D eigenvalue weighted by molar-refractivity contribution is 5.74. The van der Waals surface area contributed by atoms with E-state index in [-0.39, 0.29) is 23.2 Å². The molecule has 1 saturated heterocycles. The number of carbonyl (C=O) groups excluding carboxylic acids is 1. The first kappa shape index (κ1) is 14.3. The van der Waals surface area contributed by atoms with Gasteiger partial charge in [0.1, 0.15) is 0 Å². The second kappa shape index (κ2) is 4.68. The standard InChI is InChI=1S/C15H24O5/c1-14(2)7-19-15(20-8-14)5-9-4-11(16)12(10(9)6-15)13(17)18-3/h9-12,16H,4-8H2,1-3H3. The number of rotatable bonds is 1. The molecule has 1 N–H and O–H groups in total. The highest BCUT2D eigenvalue weighted by Crippen LogP contribution is 2.55. The lowest BCUT2D eigenvalue weighted by Gasteiger charge is -2.42. The van der Waals surface area contributed by atoms with E-state index < -0.39 is 17.8 Å². The van der Waals surface area contributed by atoms with Gasteiger partial charge in [-0.05, 0) is 18.3 Å². The van der Waals surface area contributed by atoms with Crippen molar-refractivity contribution in [2.75, 3.05) is 20.3 Å². The van der Waals surface area contributed by atoms with Crippen molar-refractivity contribution in [2.45, 2.75) is 45.0 Å². The molecule has 0 aromatic carbocycles. The summed E-state index contributed by atoms with van der Waals surface area (Å²) in [7, 11) is 1.38. The van der Waals surface area contributed by atoms with Crippen LogP contribution in [0.4, 0.5) is 0 Å². The second-order valence-electron chi connectivity index (χ2n) is 7.34. The third-order valence-corrected chi connectivity index (χ3v) is 5.07. The lowest BCUT2D eigenvalue weighted by molar-refractivity contribution is -0.298. The Morgan fingerprint density at radius 3 is 2.50 bits per heavy atom. The summed E-state index contributed by atoms with van der Waals surface area (Å²) in [5.74, 6) is -0.879. The van der Waals surface area contributed by atoms with Gasteiger partial charge in [-0.3, -0.25) is 4.79 Å². The average molecular weight is 284 g/mol. The van der Waals surface area contributed by atoms with Crippen molar-refractivity contribution in [2.24, 2.45) is 23.2 Å². The second-order valence-corrected chi connectivity index (χ2v) is 7.34. The molecule has 5 heteroatoms. The van der Waals surface area contributed by atoms with E-state index in [1.807, 2.05) is 0 Å². The number of methoxy groups -OCH3 is 1. The molecule has 3 fully saturated rings. The summed E-state index contributed by atoms with van der Waals surface area (Å²) in [4.78, 5) is 11.9. The van der Waals surface area contributed by atoms with Crippen LogP contribution in [0.25, 0.3) is 0 Å². The molecule has 0 aromatic heterocycles. The molecule has 2 aliphatic carbocycles. The fraction of sp³-hybridized carbons (Fsp3) is 0.933.